The van der Waals surface area contributed by atoms with E-state index in [0.717, 1.165) is 42.7 Å². The molecule has 0 radical (unpaired) electrons. The second-order valence-electron chi connectivity index (χ2n) is 5.63. The average Bonchev–Trinajstić information content (AvgIpc) is 3.00. The molecule has 1 aromatic carbocycles. The van der Waals surface area contributed by atoms with Crippen molar-refractivity contribution in [2.75, 3.05) is 7.11 Å². The summed E-state index contributed by atoms with van der Waals surface area (Å²) in [5, 5.41) is 11.1. The van der Waals surface area contributed by atoms with E-state index in [0.29, 0.717) is 5.17 Å². The van der Waals surface area contributed by atoms with Crippen molar-refractivity contribution in [2.45, 2.75) is 40.0 Å². The minimum Gasteiger partial charge on any atom is -0.466 e. The maximum Gasteiger partial charge on any atom is 0.331 e. The predicted octanol–water partition coefficient (Wildman–Crippen LogP) is 2.98. The molecule has 1 aliphatic heterocycles. The Bertz CT molecular complexity index is 772. The number of aryl methyl sites for hydroxylation is 3. The molecule has 0 unspecified atom stereocenters. The topological polar surface area (TPSA) is 80.1 Å². The van der Waals surface area contributed by atoms with Crippen molar-refractivity contribution >= 4 is 35.0 Å². The van der Waals surface area contributed by atoms with Gasteiger partial charge >= 0.3 is 5.97 Å². The highest BCUT2D eigenvalue weighted by molar-refractivity contribution is 8.18. The molecule has 1 saturated heterocycles. The highest BCUT2D eigenvalue weighted by Crippen LogP contribution is 2.23. The van der Waals surface area contributed by atoms with Crippen LogP contribution in [0.1, 0.15) is 43.0 Å². The van der Waals surface area contributed by atoms with Crippen LogP contribution in [0.2, 0.25) is 0 Å². The first kappa shape index (κ1) is 19.9. The third-order valence-electron chi connectivity index (χ3n) is 4.02. The molecule has 0 aliphatic carbocycles. The molecular weight excluding hydrogens is 350 g/mol. The predicted molar refractivity (Wildman–Crippen MR) is 105 cm³/mol. The molecule has 1 heterocycles. The SMILES string of the molecule is CCc1cc(CC)c(C=N/N=C2/NC(=O)/C(=C\C(=O)OC)S2)c(CC)c1. The van der Waals surface area contributed by atoms with Gasteiger partial charge in [-0.25, -0.2) is 4.79 Å². The molecule has 1 N–H and O–H groups in total. The smallest absolute Gasteiger partial charge is 0.331 e. The number of carbonyl (C=O) groups is 2. The zero-order valence-electron chi connectivity index (χ0n) is 15.5. The number of carbonyl (C=O) groups excluding carboxylic acids is 2. The molecule has 7 heteroatoms. The van der Waals surface area contributed by atoms with Crippen LogP contribution in [0.5, 0.6) is 0 Å². The minimum atomic E-state index is -0.580. The lowest BCUT2D eigenvalue weighted by molar-refractivity contribution is -0.135. The Kier molecular flexibility index (Phi) is 7.15. The molecule has 0 saturated carbocycles. The third-order valence-corrected chi connectivity index (χ3v) is 4.92. The average molecular weight is 373 g/mol. The Labute approximate surface area is 157 Å². The van der Waals surface area contributed by atoms with Gasteiger partial charge in [-0.05, 0) is 47.7 Å². The molecule has 2 rings (SSSR count). The summed E-state index contributed by atoms with van der Waals surface area (Å²) >= 11 is 1.06. The van der Waals surface area contributed by atoms with Crippen LogP contribution in [0.15, 0.2) is 33.3 Å². The van der Waals surface area contributed by atoms with Gasteiger partial charge in [0.15, 0.2) is 5.17 Å². The van der Waals surface area contributed by atoms with Crippen LogP contribution >= 0.6 is 11.8 Å². The Balaban J connectivity index is 2.23. The highest BCUT2D eigenvalue weighted by atomic mass is 32.2. The monoisotopic (exact) mass is 373 g/mol. The van der Waals surface area contributed by atoms with Crippen LogP contribution in [0, 0.1) is 0 Å². The number of amides is 1. The van der Waals surface area contributed by atoms with E-state index in [1.807, 2.05) is 0 Å². The number of esters is 1. The van der Waals surface area contributed by atoms with Gasteiger partial charge in [0.1, 0.15) is 0 Å². The molecule has 1 aromatic rings. The van der Waals surface area contributed by atoms with Gasteiger partial charge in [0.2, 0.25) is 0 Å². The molecule has 1 aliphatic rings. The third kappa shape index (κ3) is 4.82. The fourth-order valence-corrected chi connectivity index (χ4v) is 3.32. The lowest BCUT2D eigenvalue weighted by Gasteiger charge is -2.11. The van der Waals surface area contributed by atoms with Gasteiger partial charge in [0.05, 0.1) is 18.2 Å². The number of hydrogen-bond donors (Lipinski definition) is 1. The number of methoxy groups -OCH3 is 1. The highest BCUT2D eigenvalue weighted by Gasteiger charge is 2.25. The first-order valence-corrected chi connectivity index (χ1v) is 9.38. The molecule has 26 heavy (non-hydrogen) atoms. The summed E-state index contributed by atoms with van der Waals surface area (Å²) in [5.74, 6) is -0.964. The van der Waals surface area contributed by atoms with Crippen LogP contribution in [-0.4, -0.2) is 30.4 Å². The second kappa shape index (κ2) is 9.33. The summed E-state index contributed by atoms with van der Waals surface area (Å²) in [6, 6.07) is 4.41. The van der Waals surface area contributed by atoms with Crippen molar-refractivity contribution in [3.63, 3.8) is 0 Å². The van der Waals surface area contributed by atoms with E-state index in [1.54, 1.807) is 6.21 Å². The Morgan fingerprint density at radius 2 is 1.85 bits per heavy atom. The second-order valence-corrected chi connectivity index (χ2v) is 6.66. The van der Waals surface area contributed by atoms with Gasteiger partial charge < -0.3 is 4.74 Å². The summed E-state index contributed by atoms with van der Waals surface area (Å²) in [7, 11) is 1.26. The van der Waals surface area contributed by atoms with Crippen LogP contribution in [0.3, 0.4) is 0 Å². The Morgan fingerprint density at radius 1 is 1.19 bits per heavy atom. The molecule has 138 valence electrons. The van der Waals surface area contributed by atoms with E-state index in [1.165, 1.54) is 23.8 Å². The van der Waals surface area contributed by atoms with E-state index in [-0.39, 0.29) is 10.8 Å². The quantitative estimate of drug-likeness (QED) is 0.360. The number of thioether (sulfide) groups is 1. The summed E-state index contributed by atoms with van der Waals surface area (Å²) in [5.41, 5.74) is 4.87. The zero-order chi connectivity index (χ0) is 19.1. The van der Waals surface area contributed by atoms with Crippen molar-refractivity contribution in [3.8, 4) is 0 Å². The van der Waals surface area contributed by atoms with Gasteiger partial charge in [0.25, 0.3) is 5.91 Å². The summed E-state index contributed by atoms with van der Waals surface area (Å²) in [6.07, 6.45) is 5.70. The Hall–Kier alpha value is -2.41. The molecule has 6 nitrogen and oxygen atoms in total. The molecule has 0 spiro atoms. The van der Waals surface area contributed by atoms with E-state index >= 15 is 0 Å². The van der Waals surface area contributed by atoms with Gasteiger partial charge in [-0.15, -0.1) is 5.10 Å². The van der Waals surface area contributed by atoms with Crippen molar-refractivity contribution in [2.24, 2.45) is 10.2 Å². The van der Waals surface area contributed by atoms with E-state index in [2.05, 4.69) is 53.2 Å². The fourth-order valence-electron chi connectivity index (χ4n) is 2.59. The van der Waals surface area contributed by atoms with Gasteiger partial charge in [-0.3, -0.25) is 10.1 Å². The van der Waals surface area contributed by atoms with Gasteiger partial charge in [-0.1, -0.05) is 32.9 Å². The molecule has 0 bridgehead atoms. The minimum absolute atomic E-state index is 0.238. The van der Waals surface area contributed by atoms with Gasteiger partial charge in [-0.2, -0.15) is 5.10 Å². The number of nitrogens with zero attached hydrogens (tertiary/aromatic N) is 2. The van der Waals surface area contributed by atoms with Crippen LogP contribution < -0.4 is 5.32 Å². The lowest BCUT2D eigenvalue weighted by Crippen LogP contribution is -2.19. The molecule has 0 aromatic heterocycles. The number of amidine groups is 1. The number of rotatable bonds is 6. The standard InChI is InChI=1S/C19H23N3O3S/c1-5-12-8-13(6-2)15(14(7-3)9-12)11-20-22-19-21-18(24)16(26-19)10-17(23)25-4/h8-11H,5-7H2,1-4H3,(H,21,22,24)/b16-10+,20-11?. The van der Waals surface area contributed by atoms with Crippen molar-refractivity contribution in [3.05, 3.63) is 45.4 Å². The lowest BCUT2D eigenvalue weighted by atomic mass is 9.94. The zero-order valence-corrected chi connectivity index (χ0v) is 16.3. The van der Waals surface area contributed by atoms with Crippen LogP contribution in [0.25, 0.3) is 0 Å². The fraction of sp³-hybridized carbons (Fsp3) is 0.368. The molecule has 1 fully saturated rings. The van der Waals surface area contributed by atoms with E-state index in [9.17, 15) is 9.59 Å². The number of nitrogens with one attached hydrogen (secondary N) is 1. The summed E-state index contributed by atoms with van der Waals surface area (Å²) in [6.45, 7) is 6.39. The van der Waals surface area contributed by atoms with Crippen LogP contribution in [-0.2, 0) is 33.6 Å². The summed E-state index contributed by atoms with van der Waals surface area (Å²) < 4.78 is 4.53. The van der Waals surface area contributed by atoms with E-state index in [4.69, 9.17) is 0 Å². The Morgan fingerprint density at radius 3 is 2.38 bits per heavy atom. The summed E-state index contributed by atoms with van der Waals surface area (Å²) in [4.78, 5) is 23.3. The van der Waals surface area contributed by atoms with Crippen molar-refractivity contribution in [1.29, 1.82) is 0 Å². The van der Waals surface area contributed by atoms with Crippen molar-refractivity contribution < 1.29 is 14.3 Å². The molecule has 1 amide bonds. The van der Waals surface area contributed by atoms with Crippen LogP contribution in [0.4, 0.5) is 0 Å². The molecular formula is C19H23N3O3S. The largest absolute Gasteiger partial charge is 0.466 e. The first-order chi connectivity index (χ1) is 12.5. The van der Waals surface area contributed by atoms with E-state index < -0.39 is 5.97 Å². The number of hydrogen-bond acceptors (Lipinski definition) is 6. The van der Waals surface area contributed by atoms with Gasteiger partial charge in [0, 0.05) is 11.6 Å². The maximum atomic E-state index is 11.8. The molecule has 0 atom stereocenters. The number of benzene rings is 1. The number of ether oxygens (including phenoxy) is 1. The maximum absolute atomic E-state index is 11.8. The normalized spacial score (nSPS) is 17.3. The van der Waals surface area contributed by atoms with Crippen molar-refractivity contribution in [1.82, 2.24) is 5.32 Å². The first-order valence-electron chi connectivity index (χ1n) is 8.56.